The van der Waals surface area contributed by atoms with Crippen LogP contribution in [0.15, 0.2) is 94.5 Å². The van der Waals surface area contributed by atoms with E-state index in [4.69, 9.17) is 21.4 Å². The molecule has 4 aromatic rings. The molecule has 5 heteroatoms. The Morgan fingerprint density at radius 3 is 2.55 bits per heavy atom. The summed E-state index contributed by atoms with van der Waals surface area (Å²) in [5.41, 5.74) is 4.41. The van der Waals surface area contributed by atoms with Crippen molar-refractivity contribution >= 4 is 44.0 Å². The Kier molecular flexibility index (Phi) is 4.51. The van der Waals surface area contributed by atoms with Crippen LogP contribution in [0.5, 0.6) is 5.75 Å². The van der Waals surface area contributed by atoms with E-state index in [2.05, 4.69) is 69.5 Å². The highest BCUT2D eigenvalue weighted by Crippen LogP contribution is 2.48. The van der Waals surface area contributed by atoms with Gasteiger partial charge in [-0.2, -0.15) is 5.10 Å². The number of ether oxygens (including phenoxy) is 1. The molecule has 2 heterocycles. The van der Waals surface area contributed by atoms with E-state index in [1.807, 2.05) is 36.4 Å². The van der Waals surface area contributed by atoms with Crippen molar-refractivity contribution in [3.63, 3.8) is 0 Å². The van der Waals surface area contributed by atoms with Crippen molar-refractivity contribution in [3.8, 4) is 5.75 Å². The highest BCUT2D eigenvalue weighted by molar-refractivity contribution is 9.10. The molecule has 0 aliphatic carbocycles. The van der Waals surface area contributed by atoms with Crippen molar-refractivity contribution in [2.75, 3.05) is 0 Å². The number of rotatable bonds is 2. The van der Waals surface area contributed by atoms with E-state index in [-0.39, 0.29) is 12.3 Å². The largest absolute Gasteiger partial charge is 0.464 e. The van der Waals surface area contributed by atoms with Crippen LogP contribution in [0.4, 0.5) is 0 Å². The molecule has 0 saturated heterocycles. The standard InChI is InChI=1S/C26H18BrClN2O/c27-20-9-12-25-22(14-20)24-15-23(19-6-5-16-3-1-2-4-18(16)13-19)29-30(24)26(31-25)17-7-10-21(28)11-8-17/h1-14,24,26H,15H2. The average molecular weight is 490 g/mol. The Hall–Kier alpha value is -2.82. The molecule has 0 N–H and O–H groups in total. The van der Waals surface area contributed by atoms with Crippen molar-refractivity contribution in [3.05, 3.63) is 111 Å². The van der Waals surface area contributed by atoms with Gasteiger partial charge in [0.1, 0.15) is 5.75 Å². The lowest BCUT2D eigenvalue weighted by Gasteiger charge is -2.38. The van der Waals surface area contributed by atoms with E-state index in [1.54, 1.807) is 0 Å². The van der Waals surface area contributed by atoms with E-state index in [9.17, 15) is 0 Å². The highest BCUT2D eigenvalue weighted by Gasteiger charge is 2.41. The fourth-order valence-corrected chi connectivity index (χ4v) is 4.95. The first-order valence-electron chi connectivity index (χ1n) is 10.2. The van der Waals surface area contributed by atoms with Crippen LogP contribution in [0, 0.1) is 0 Å². The zero-order valence-electron chi connectivity index (χ0n) is 16.5. The summed E-state index contributed by atoms with van der Waals surface area (Å²) in [6, 6.07) is 29.1. The summed E-state index contributed by atoms with van der Waals surface area (Å²) in [6.07, 6.45) is 0.531. The number of halogens is 2. The third-order valence-corrected chi connectivity index (χ3v) is 6.73. The maximum atomic E-state index is 6.44. The quantitative estimate of drug-likeness (QED) is 0.291. The summed E-state index contributed by atoms with van der Waals surface area (Å²) in [5.74, 6) is 0.902. The normalized spacial score (nSPS) is 19.5. The Morgan fingerprint density at radius 2 is 1.71 bits per heavy atom. The Balaban J connectivity index is 1.45. The molecule has 0 saturated carbocycles. The number of nitrogens with zero attached hydrogens (tertiary/aromatic N) is 2. The van der Waals surface area contributed by atoms with Crippen molar-refractivity contribution in [1.29, 1.82) is 0 Å². The topological polar surface area (TPSA) is 24.8 Å². The van der Waals surface area contributed by atoms with Crippen LogP contribution >= 0.6 is 27.5 Å². The molecule has 3 nitrogen and oxygen atoms in total. The fourth-order valence-electron chi connectivity index (χ4n) is 4.45. The van der Waals surface area contributed by atoms with Gasteiger partial charge < -0.3 is 4.74 Å². The second-order valence-corrected chi connectivity index (χ2v) is 9.26. The molecular weight excluding hydrogens is 472 g/mol. The lowest BCUT2D eigenvalue weighted by atomic mass is 9.95. The van der Waals surface area contributed by atoms with Gasteiger partial charge in [-0.25, -0.2) is 5.01 Å². The van der Waals surface area contributed by atoms with E-state index < -0.39 is 0 Å². The molecule has 6 rings (SSSR count). The molecular formula is C26H18BrClN2O. The summed E-state index contributed by atoms with van der Waals surface area (Å²) in [6.45, 7) is 0. The van der Waals surface area contributed by atoms with Crippen molar-refractivity contribution in [1.82, 2.24) is 5.01 Å². The van der Waals surface area contributed by atoms with Crippen molar-refractivity contribution in [2.24, 2.45) is 5.10 Å². The number of hydrogen-bond acceptors (Lipinski definition) is 3. The predicted molar refractivity (Wildman–Crippen MR) is 129 cm³/mol. The van der Waals surface area contributed by atoms with Gasteiger partial charge in [0.15, 0.2) is 0 Å². The minimum Gasteiger partial charge on any atom is -0.464 e. The van der Waals surface area contributed by atoms with E-state index in [0.717, 1.165) is 39.0 Å². The molecule has 0 amide bonds. The van der Waals surface area contributed by atoms with Gasteiger partial charge in [0.25, 0.3) is 0 Å². The number of hydrazone groups is 1. The highest BCUT2D eigenvalue weighted by atomic mass is 79.9. The second-order valence-electron chi connectivity index (χ2n) is 7.91. The summed E-state index contributed by atoms with van der Waals surface area (Å²) < 4.78 is 7.48. The molecule has 0 bridgehead atoms. The first-order valence-corrected chi connectivity index (χ1v) is 11.4. The Labute approximate surface area is 194 Å². The molecule has 0 aromatic heterocycles. The van der Waals surface area contributed by atoms with E-state index >= 15 is 0 Å². The van der Waals surface area contributed by atoms with Crippen LogP contribution in [0.25, 0.3) is 10.8 Å². The molecule has 4 aromatic carbocycles. The van der Waals surface area contributed by atoms with Gasteiger partial charge >= 0.3 is 0 Å². The van der Waals surface area contributed by atoms with Gasteiger partial charge in [0.2, 0.25) is 6.23 Å². The molecule has 152 valence electrons. The summed E-state index contributed by atoms with van der Waals surface area (Å²) in [4.78, 5) is 0. The number of fused-ring (bicyclic) bond motifs is 4. The minimum atomic E-state index is -0.297. The van der Waals surface area contributed by atoms with Gasteiger partial charge in [-0.3, -0.25) is 0 Å². The Morgan fingerprint density at radius 1 is 0.903 bits per heavy atom. The molecule has 0 fully saturated rings. The predicted octanol–water partition coefficient (Wildman–Crippen LogP) is 7.50. The molecule has 0 radical (unpaired) electrons. The zero-order chi connectivity index (χ0) is 20.9. The van der Waals surface area contributed by atoms with Crippen LogP contribution in [-0.2, 0) is 0 Å². The van der Waals surface area contributed by atoms with E-state index in [1.165, 1.54) is 10.8 Å². The number of benzene rings is 4. The monoisotopic (exact) mass is 488 g/mol. The minimum absolute atomic E-state index is 0.114. The van der Waals surface area contributed by atoms with Gasteiger partial charge in [0, 0.05) is 27.0 Å². The van der Waals surface area contributed by atoms with Gasteiger partial charge in [-0.05, 0) is 52.7 Å². The molecule has 2 aliphatic heterocycles. The zero-order valence-corrected chi connectivity index (χ0v) is 18.8. The Bertz CT molecular complexity index is 1340. The summed E-state index contributed by atoms with van der Waals surface area (Å²) in [7, 11) is 0. The van der Waals surface area contributed by atoms with Crippen LogP contribution in [-0.4, -0.2) is 10.7 Å². The number of hydrogen-bond donors (Lipinski definition) is 0. The SMILES string of the molecule is Clc1ccc(C2Oc3ccc(Br)cc3C3CC(c4ccc5ccccc5c4)=NN32)cc1. The summed E-state index contributed by atoms with van der Waals surface area (Å²) in [5, 5.41) is 10.3. The maximum absolute atomic E-state index is 6.44. The van der Waals surface area contributed by atoms with Crippen LogP contribution in [0.2, 0.25) is 5.02 Å². The van der Waals surface area contributed by atoms with Crippen LogP contribution in [0.3, 0.4) is 0 Å². The van der Waals surface area contributed by atoms with Crippen LogP contribution < -0.4 is 4.74 Å². The van der Waals surface area contributed by atoms with E-state index in [0.29, 0.717) is 5.02 Å². The van der Waals surface area contributed by atoms with Crippen molar-refractivity contribution in [2.45, 2.75) is 18.7 Å². The maximum Gasteiger partial charge on any atom is 0.213 e. The second kappa shape index (κ2) is 7.40. The molecule has 0 spiro atoms. The first-order chi connectivity index (χ1) is 15.2. The lowest BCUT2D eigenvalue weighted by Crippen LogP contribution is -2.33. The third-order valence-electron chi connectivity index (χ3n) is 5.99. The molecule has 31 heavy (non-hydrogen) atoms. The molecule has 2 unspecified atom stereocenters. The van der Waals surface area contributed by atoms with Gasteiger partial charge in [-0.15, -0.1) is 0 Å². The molecule has 2 atom stereocenters. The average Bonchev–Trinajstić information content (AvgIpc) is 3.25. The lowest BCUT2D eigenvalue weighted by molar-refractivity contribution is -0.0190. The third kappa shape index (κ3) is 3.31. The van der Waals surface area contributed by atoms with Crippen molar-refractivity contribution < 1.29 is 4.74 Å². The smallest absolute Gasteiger partial charge is 0.213 e. The van der Waals surface area contributed by atoms with Crippen LogP contribution in [0.1, 0.15) is 35.4 Å². The summed E-state index contributed by atoms with van der Waals surface area (Å²) >= 11 is 9.74. The fraction of sp³-hybridized carbons (Fsp3) is 0.115. The van der Waals surface area contributed by atoms with Gasteiger partial charge in [0.05, 0.1) is 11.8 Å². The first kappa shape index (κ1) is 18.9. The van der Waals surface area contributed by atoms with Gasteiger partial charge in [-0.1, -0.05) is 76.1 Å². The molecule has 2 aliphatic rings.